The molecular weight excluding hydrogens is 370 g/mol. The number of aromatic nitrogens is 4. The Morgan fingerprint density at radius 2 is 2.00 bits per heavy atom. The average Bonchev–Trinajstić information content (AvgIpc) is 3.40. The van der Waals surface area contributed by atoms with Crippen LogP contribution in [0.2, 0.25) is 0 Å². The van der Waals surface area contributed by atoms with Crippen LogP contribution in [-0.4, -0.2) is 32.5 Å². The van der Waals surface area contributed by atoms with Crippen molar-refractivity contribution in [3.8, 4) is 22.8 Å². The Morgan fingerprint density at radius 1 is 1.07 bits per heavy atom. The van der Waals surface area contributed by atoms with Crippen molar-refractivity contribution < 1.29 is 14.3 Å². The standard InChI is InChI=1S/C21H15N5O3/c27-21(9-5-14-4-7-18-19(10-14)29-13-28-18)23-16-3-1-2-15(11-16)17-6-8-20-24-22-12-26(20)25-17/h1-12H,13H2,(H,23,27)/b9-5+. The first kappa shape index (κ1) is 16.9. The Kier molecular flexibility index (Phi) is 4.14. The number of benzene rings is 2. The molecule has 1 amide bonds. The van der Waals surface area contributed by atoms with Gasteiger partial charge in [-0.05, 0) is 48.0 Å². The molecule has 1 aliphatic rings. The van der Waals surface area contributed by atoms with Gasteiger partial charge < -0.3 is 14.8 Å². The molecule has 142 valence electrons. The molecule has 0 fully saturated rings. The summed E-state index contributed by atoms with van der Waals surface area (Å²) < 4.78 is 12.2. The van der Waals surface area contributed by atoms with Crippen molar-refractivity contribution in [2.45, 2.75) is 0 Å². The van der Waals surface area contributed by atoms with E-state index in [1.54, 1.807) is 16.9 Å². The Balaban J connectivity index is 1.31. The Hall–Kier alpha value is -4.20. The first-order valence-corrected chi connectivity index (χ1v) is 8.91. The first-order chi connectivity index (χ1) is 14.2. The van der Waals surface area contributed by atoms with E-state index in [1.165, 1.54) is 6.08 Å². The van der Waals surface area contributed by atoms with Crippen molar-refractivity contribution in [1.29, 1.82) is 0 Å². The second-order valence-electron chi connectivity index (χ2n) is 6.37. The third kappa shape index (κ3) is 3.51. The van der Waals surface area contributed by atoms with Gasteiger partial charge in [0.25, 0.3) is 0 Å². The van der Waals surface area contributed by atoms with Gasteiger partial charge in [0.1, 0.15) is 6.33 Å². The van der Waals surface area contributed by atoms with Crippen molar-refractivity contribution >= 4 is 23.3 Å². The number of anilines is 1. The minimum absolute atomic E-state index is 0.221. The predicted octanol–water partition coefficient (Wildman–Crippen LogP) is 3.17. The number of carbonyl (C=O) groups excluding carboxylic acids is 1. The summed E-state index contributed by atoms with van der Waals surface area (Å²) in [5, 5.41) is 15.1. The van der Waals surface area contributed by atoms with Crippen LogP contribution in [0.4, 0.5) is 5.69 Å². The lowest BCUT2D eigenvalue weighted by molar-refractivity contribution is -0.111. The van der Waals surface area contributed by atoms with E-state index in [2.05, 4.69) is 20.6 Å². The van der Waals surface area contributed by atoms with Gasteiger partial charge in [-0.25, -0.2) is 0 Å². The molecule has 1 aliphatic heterocycles. The van der Waals surface area contributed by atoms with Crippen molar-refractivity contribution in [1.82, 2.24) is 19.8 Å². The normalized spacial score (nSPS) is 12.6. The number of hydrogen-bond acceptors (Lipinski definition) is 6. The van der Waals surface area contributed by atoms with Crippen LogP contribution in [0.1, 0.15) is 5.56 Å². The molecule has 2 aromatic heterocycles. The molecule has 29 heavy (non-hydrogen) atoms. The van der Waals surface area contributed by atoms with E-state index in [1.807, 2.05) is 54.6 Å². The van der Waals surface area contributed by atoms with Crippen LogP contribution in [0.5, 0.6) is 11.5 Å². The highest BCUT2D eigenvalue weighted by Crippen LogP contribution is 2.32. The zero-order valence-corrected chi connectivity index (χ0v) is 15.1. The lowest BCUT2D eigenvalue weighted by Gasteiger charge is -2.06. The van der Waals surface area contributed by atoms with Crippen LogP contribution in [0, 0.1) is 0 Å². The minimum atomic E-state index is -0.234. The molecule has 0 radical (unpaired) electrons. The Labute approximate surface area is 165 Å². The summed E-state index contributed by atoms with van der Waals surface area (Å²) in [6.45, 7) is 0.221. The highest BCUT2D eigenvalue weighted by Gasteiger charge is 2.12. The van der Waals surface area contributed by atoms with E-state index >= 15 is 0 Å². The Bertz CT molecular complexity index is 1250. The lowest BCUT2D eigenvalue weighted by Crippen LogP contribution is -2.07. The summed E-state index contributed by atoms with van der Waals surface area (Å²) >= 11 is 0. The van der Waals surface area contributed by atoms with Crippen molar-refractivity contribution in [2.24, 2.45) is 0 Å². The molecule has 3 heterocycles. The summed E-state index contributed by atoms with van der Waals surface area (Å²) in [7, 11) is 0. The van der Waals surface area contributed by atoms with Crippen molar-refractivity contribution in [2.75, 3.05) is 12.1 Å². The van der Waals surface area contributed by atoms with Gasteiger partial charge in [0.15, 0.2) is 17.1 Å². The highest BCUT2D eigenvalue weighted by molar-refractivity contribution is 6.02. The van der Waals surface area contributed by atoms with Crippen LogP contribution < -0.4 is 14.8 Å². The topological polar surface area (TPSA) is 90.6 Å². The van der Waals surface area contributed by atoms with Gasteiger partial charge >= 0.3 is 0 Å². The Morgan fingerprint density at radius 3 is 2.97 bits per heavy atom. The number of fused-ring (bicyclic) bond motifs is 2. The molecule has 0 saturated carbocycles. The zero-order chi connectivity index (χ0) is 19.6. The molecule has 2 aromatic carbocycles. The van der Waals surface area contributed by atoms with E-state index in [0.29, 0.717) is 22.8 Å². The first-order valence-electron chi connectivity index (χ1n) is 8.91. The lowest BCUT2D eigenvalue weighted by atomic mass is 10.1. The largest absolute Gasteiger partial charge is 0.454 e. The van der Waals surface area contributed by atoms with E-state index < -0.39 is 0 Å². The van der Waals surface area contributed by atoms with Gasteiger partial charge in [0, 0.05) is 17.3 Å². The highest BCUT2D eigenvalue weighted by atomic mass is 16.7. The third-order valence-corrected chi connectivity index (χ3v) is 4.41. The van der Waals surface area contributed by atoms with Gasteiger partial charge in [-0.3, -0.25) is 4.79 Å². The van der Waals surface area contributed by atoms with Gasteiger partial charge in [-0.15, -0.1) is 10.2 Å². The molecule has 0 saturated heterocycles. The molecule has 0 unspecified atom stereocenters. The summed E-state index contributed by atoms with van der Waals surface area (Å²) in [6, 6.07) is 16.7. The second-order valence-corrected chi connectivity index (χ2v) is 6.37. The molecule has 0 atom stereocenters. The smallest absolute Gasteiger partial charge is 0.248 e. The third-order valence-electron chi connectivity index (χ3n) is 4.41. The maximum Gasteiger partial charge on any atom is 0.248 e. The number of nitrogens with one attached hydrogen (secondary N) is 1. The van der Waals surface area contributed by atoms with E-state index in [0.717, 1.165) is 16.8 Å². The molecule has 0 spiro atoms. The van der Waals surface area contributed by atoms with Crippen LogP contribution in [0.25, 0.3) is 23.0 Å². The van der Waals surface area contributed by atoms with Crippen LogP contribution >= 0.6 is 0 Å². The maximum atomic E-state index is 12.3. The number of amides is 1. The molecule has 5 rings (SSSR count). The number of hydrogen-bond donors (Lipinski definition) is 1. The van der Waals surface area contributed by atoms with E-state index in [4.69, 9.17) is 9.47 Å². The predicted molar refractivity (Wildman–Crippen MR) is 106 cm³/mol. The number of ether oxygens (including phenoxy) is 2. The summed E-state index contributed by atoms with van der Waals surface area (Å²) in [5.74, 6) is 1.15. The molecule has 8 heteroatoms. The summed E-state index contributed by atoms with van der Waals surface area (Å²) in [4.78, 5) is 12.3. The molecule has 0 aliphatic carbocycles. The van der Waals surface area contributed by atoms with Gasteiger partial charge in [-0.2, -0.15) is 9.61 Å². The summed E-state index contributed by atoms with van der Waals surface area (Å²) in [5.41, 5.74) is 3.83. The van der Waals surface area contributed by atoms with Crippen LogP contribution in [0.15, 0.2) is 67.0 Å². The van der Waals surface area contributed by atoms with Crippen LogP contribution in [0.3, 0.4) is 0 Å². The number of nitrogens with zero attached hydrogens (tertiary/aromatic N) is 4. The van der Waals surface area contributed by atoms with Gasteiger partial charge in [0.05, 0.1) is 5.69 Å². The van der Waals surface area contributed by atoms with Crippen molar-refractivity contribution in [3.05, 3.63) is 72.6 Å². The molecule has 4 aromatic rings. The molecule has 0 bridgehead atoms. The monoisotopic (exact) mass is 385 g/mol. The SMILES string of the molecule is O=C(/C=C/c1ccc2c(c1)OCO2)Nc1cccc(-c2ccc3nncn3n2)c1. The maximum absolute atomic E-state index is 12.3. The van der Waals surface area contributed by atoms with Crippen molar-refractivity contribution in [3.63, 3.8) is 0 Å². The van der Waals surface area contributed by atoms with E-state index in [9.17, 15) is 4.79 Å². The average molecular weight is 385 g/mol. The number of rotatable bonds is 4. The fourth-order valence-corrected chi connectivity index (χ4v) is 3.01. The fourth-order valence-electron chi connectivity index (χ4n) is 3.01. The van der Waals surface area contributed by atoms with Gasteiger partial charge in [-0.1, -0.05) is 18.2 Å². The van der Waals surface area contributed by atoms with Gasteiger partial charge in [0.2, 0.25) is 12.7 Å². The minimum Gasteiger partial charge on any atom is -0.454 e. The fraction of sp³-hybridized carbons (Fsp3) is 0.0476. The molecule has 1 N–H and O–H groups in total. The second kappa shape index (κ2) is 7.08. The molecular formula is C21H15N5O3. The number of carbonyl (C=O) groups is 1. The quantitative estimate of drug-likeness (QED) is 0.543. The van der Waals surface area contributed by atoms with E-state index in [-0.39, 0.29) is 12.7 Å². The molecule has 8 nitrogen and oxygen atoms in total. The van der Waals surface area contributed by atoms with Crippen LogP contribution in [-0.2, 0) is 4.79 Å². The summed E-state index contributed by atoms with van der Waals surface area (Å²) in [6.07, 6.45) is 4.75. The zero-order valence-electron chi connectivity index (χ0n) is 15.1.